The molecule has 1 aromatic heterocycles. The summed E-state index contributed by atoms with van der Waals surface area (Å²) in [7, 11) is 0. The van der Waals surface area contributed by atoms with E-state index in [1.54, 1.807) is 12.1 Å². The highest BCUT2D eigenvalue weighted by Crippen LogP contribution is 2.26. The number of nitrogens with one attached hydrogen (secondary N) is 2. The minimum atomic E-state index is -0.303. The molecule has 31 heavy (non-hydrogen) atoms. The molecule has 3 rings (SSSR count). The average Bonchev–Trinajstić information content (AvgIpc) is 3.14. The van der Waals surface area contributed by atoms with Crippen molar-refractivity contribution >= 4 is 45.7 Å². The first-order valence-electron chi connectivity index (χ1n) is 9.72. The maximum absolute atomic E-state index is 13.1. The largest absolute Gasteiger partial charge is 0.326 e. The second-order valence-electron chi connectivity index (χ2n) is 8.20. The highest BCUT2D eigenvalue weighted by molar-refractivity contribution is 8.00. The van der Waals surface area contributed by atoms with Crippen LogP contribution >= 0.6 is 23.1 Å². The summed E-state index contributed by atoms with van der Waals surface area (Å²) in [6, 6.07) is 13.5. The van der Waals surface area contributed by atoms with Gasteiger partial charge in [0.2, 0.25) is 11.8 Å². The van der Waals surface area contributed by atoms with Crippen molar-refractivity contribution < 1.29 is 14.0 Å². The van der Waals surface area contributed by atoms with Crippen LogP contribution in [0.15, 0.2) is 58.8 Å². The molecule has 0 unspecified atom stereocenters. The number of halogens is 1. The Morgan fingerprint density at radius 3 is 2.52 bits per heavy atom. The van der Waals surface area contributed by atoms with E-state index in [9.17, 15) is 14.0 Å². The third kappa shape index (κ3) is 7.48. The van der Waals surface area contributed by atoms with Crippen LogP contribution in [0.3, 0.4) is 0 Å². The van der Waals surface area contributed by atoms with E-state index in [4.69, 9.17) is 0 Å². The molecular formula is C23H24FN3O2S2. The van der Waals surface area contributed by atoms with Crippen molar-refractivity contribution in [3.8, 4) is 11.3 Å². The number of nitrogens with zero attached hydrogens (tertiary/aromatic N) is 1. The predicted octanol–water partition coefficient (Wildman–Crippen LogP) is 6.05. The molecule has 0 aliphatic heterocycles. The fourth-order valence-electron chi connectivity index (χ4n) is 2.74. The highest BCUT2D eigenvalue weighted by Gasteiger charge is 2.16. The number of hydrogen-bond acceptors (Lipinski definition) is 5. The molecular weight excluding hydrogens is 433 g/mol. The minimum Gasteiger partial charge on any atom is -0.326 e. The Bertz CT molecular complexity index is 1060. The van der Waals surface area contributed by atoms with E-state index in [1.165, 1.54) is 35.2 Å². The number of thioether (sulfide) groups is 1. The van der Waals surface area contributed by atoms with Gasteiger partial charge in [-0.15, -0.1) is 23.1 Å². The number of anilines is 2. The highest BCUT2D eigenvalue weighted by atomic mass is 32.2. The molecule has 3 aromatic rings. The molecule has 2 amide bonds. The Morgan fingerprint density at radius 1 is 1.06 bits per heavy atom. The van der Waals surface area contributed by atoms with E-state index in [0.717, 1.165) is 10.5 Å². The van der Waals surface area contributed by atoms with E-state index in [2.05, 4.69) is 15.6 Å². The monoisotopic (exact) mass is 457 g/mol. The zero-order valence-electron chi connectivity index (χ0n) is 17.6. The van der Waals surface area contributed by atoms with Gasteiger partial charge in [0.25, 0.3) is 0 Å². The summed E-state index contributed by atoms with van der Waals surface area (Å²) in [5.74, 6) is -0.298. The Labute approximate surface area is 189 Å². The van der Waals surface area contributed by atoms with Gasteiger partial charge in [-0.05, 0) is 47.9 Å². The molecule has 8 heteroatoms. The van der Waals surface area contributed by atoms with Crippen LogP contribution in [0.5, 0.6) is 0 Å². The fraction of sp³-hybridized carbons (Fsp3) is 0.261. The maximum Gasteiger partial charge on any atom is 0.236 e. The molecule has 0 atom stereocenters. The number of hydrogen-bond donors (Lipinski definition) is 2. The predicted molar refractivity (Wildman–Crippen MR) is 126 cm³/mol. The van der Waals surface area contributed by atoms with Gasteiger partial charge >= 0.3 is 0 Å². The van der Waals surface area contributed by atoms with Crippen molar-refractivity contribution in [2.75, 3.05) is 16.4 Å². The summed E-state index contributed by atoms with van der Waals surface area (Å²) >= 11 is 2.70. The second kappa shape index (κ2) is 10.1. The van der Waals surface area contributed by atoms with Gasteiger partial charge in [-0.3, -0.25) is 9.59 Å². The molecule has 162 valence electrons. The van der Waals surface area contributed by atoms with Gasteiger partial charge in [0.1, 0.15) is 5.82 Å². The molecule has 0 fully saturated rings. The Morgan fingerprint density at radius 2 is 1.81 bits per heavy atom. The third-order valence-electron chi connectivity index (χ3n) is 4.07. The summed E-state index contributed by atoms with van der Waals surface area (Å²) in [5.41, 5.74) is 2.11. The smallest absolute Gasteiger partial charge is 0.236 e. The standard InChI is InChI=1S/C23H24FN3O2S2/c1-23(2,3)12-20(28)25-17-5-4-6-18(11-17)30-14-21(29)27-22-26-19(13-31-22)15-7-9-16(24)10-8-15/h4-11,13H,12,14H2,1-3H3,(H,25,28)(H,26,27,29). The molecule has 0 saturated heterocycles. The van der Waals surface area contributed by atoms with Crippen molar-refractivity contribution in [3.05, 3.63) is 59.7 Å². The van der Waals surface area contributed by atoms with Crippen LogP contribution in [0.2, 0.25) is 0 Å². The number of amides is 2. The molecule has 0 radical (unpaired) electrons. The fourth-order valence-corrected chi connectivity index (χ4v) is 4.23. The number of carbonyl (C=O) groups is 2. The Kier molecular flexibility index (Phi) is 7.46. The molecule has 0 saturated carbocycles. The minimum absolute atomic E-state index is 0.0341. The Hall–Kier alpha value is -2.71. The van der Waals surface area contributed by atoms with Crippen molar-refractivity contribution in [1.29, 1.82) is 0 Å². The quantitative estimate of drug-likeness (QED) is 0.423. The topological polar surface area (TPSA) is 71.1 Å². The van der Waals surface area contributed by atoms with Crippen LogP contribution in [-0.2, 0) is 9.59 Å². The van der Waals surface area contributed by atoms with E-state index in [0.29, 0.717) is 22.9 Å². The van der Waals surface area contributed by atoms with Gasteiger partial charge in [-0.1, -0.05) is 26.8 Å². The van der Waals surface area contributed by atoms with E-state index in [1.807, 2.05) is 50.4 Å². The molecule has 0 spiro atoms. The van der Waals surface area contributed by atoms with Crippen molar-refractivity contribution in [2.45, 2.75) is 32.1 Å². The number of benzene rings is 2. The molecule has 0 aliphatic carbocycles. The summed E-state index contributed by atoms with van der Waals surface area (Å²) in [5, 5.41) is 8.01. The first kappa shape index (κ1) is 23.0. The molecule has 2 N–H and O–H groups in total. The van der Waals surface area contributed by atoms with Crippen molar-refractivity contribution in [1.82, 2.24) is 4.98 Å². The average molecular weight is 458 g/mol. The molecule has 5 nitrogen and oxygen atoms in total. The lowest BCUT2D eigenvalue weighted by atomic mass is 9.92. The van der Waals surface area contributed by atoms with Gasteiger partial charge in [0, 0.05) is 27.9 Å². The summed E-state index contributed by atoms with van der Waals surface area (Å²) in [4.78, 5) is 29.7. The van der Waals surface area contributed by atoms with Crippen LogP contribution in [0.25, 0.3) is 11.3 Å². The zero-order valence-corrected chi connectivity index (χ0v) is 19.2. The summed E-state index contributed by atoms with van der Waals surface area (Å²) < 4.78 is 13.1. The van der Waals surface area contributed by atoms with Crippen LogP contribution < -0.4 is 10.6 Å². The molecule has 0 aliphatic rings. The van der Waals surface area contributed by atoms with Gasteiger partial charge in [0.05, 0.1) is 11.4 Å². The summed E-state index contributed by atoms with van der Waals surface area (Å²) in [6.07, 6.45) is 0.431. The van der Waals surface area contributed by atoms with Gasteiger partial charge in [-0.25, -0.2) is 9.37 Å². The third-order valence-corrected chi connectivity index (χ3v) is 5.82. The van der Waals surface area contributed by atoms with Crippen molar-refractivity contribution in [3.63, 3.8) is 0 Å². The lowest BCUT2D eigenvalue weighted by Crippen LogP contribution is -2.19. The first-order valence-corrected chi connectivity index (χ1v) is 11.6. The number of thiazole rings is 1. The van der Waals surface area contributed by atoms with Crippen LogP contribution in [0.4, 0.5) is 15.2 Å². The van der Waals surface area contributed by atoms with E-state index < -0.39 is 0 Å². The molecule has 0 bridgehead atoms. The lowest BCUT2D eigenvalue weighted by molar-refractivity contribution is -0.118. The van der Waals surface area contributed by atoms with Crippen LogP contribution in [-0.4, -0.2) is 22.6 Å². The zero-order chi connectivity index (χ0) is 22.4. The maximum atomic E-state index is 13.1. The number of rotatable bonds is 7. The van der Waals surface area contributed by atoms with Gasteiger partial charge in [-0.2, -0.15) is 0 Å². The van der Waals surface area contributed by atoms with Crippen LogP contribution in [0.1, 0.15) is 27.2 Å². The van der Waals surface area contributed by atoms with Gasteiger partial charge < -0.3 is 10.6 Å². The molecule has 1 heterocycles. The van der Waals surface area contributed by atoms with Crippen molar-refractivity contribution in [2.24, 2.45) is 5.41 Å². The number of carbonyl (C=O) groups excluding carboxylic acids is 2. The molecule has 2 aromatic carbocycles. The van der Waals surface area contributed by atoms with E-state index >= 15 is 0 Å². The Balaban J connectivity index is 1.52. The summed E-state index contributed by atoms with van der Waals surface area (Å²) in [6.45, 7) is 6.05. The first-order chi connectivity index (χ1) is 14.7. The van der Waals surface area contributed by atoms with Gasteiger partial charge in [0.15, 0.2) is 5.13 Å². The SMILES string of the molecule is CC(C)(C)CC(=O)Nc1cccc(SCC(=O)Nc2nc(-c3ccc(F)cc3)cs2)c1. The van der Waals surface area contributed by atoms with E-state index in [-0.39, 0.29) is 28.8 Å². The number of aromatic nitrogens is 1. The normalized spacial score (nSPS) is 11.2. The lowest BCUT2D eigenvalue weighted by Gasteiger charge is -2.17. The second-order valence-corrected chi connectivity index (χ2v) is 10.1. The van der Waals surface area contributed by atoms with Crippen LogP contribution in [0, 0.1) is 11.2 Å².